The van der Waals surface area contributed by atoms with Gasteiger partial charge in [0.05, 0.1) is 24.5 Å². The van der Waals surface area contributed by atoms with Gasteiger partial charge < -0.3 is 19.5 Å². The molecule has 0 aliphatic carbocycles. The number of amides is 1. The average molecular weight is 390 g/mol. The predicted octanol–water partition coefficient (Wildman–Crippen LogP) is 3.40. The summed E-state index contributed by atoms with van der Waals surface area (Å²) in [5.74, 6) is -0.209. The summed E-state index contributed by atoms with van der Waals surface area (Å²) in [6.07, 6.45) is -4.81. The van der Waals surface area contributed by atoms with Crippen molar-refractivity contribution in [3.63, 3.8) is 0 Å². The molecule has 2 aromatic carbocycles. The molecule has 28 heavy (non-hydrogen) atoms. The summed E-state index contributed by atoms with van der Waals surface area (Å²) in [7, 11) is 0. The summed E-state index contributed by atoms with van der Waals surface area (Å²) in [6.45, 7) is 0.699. The molecule has 1 saturated heterocycles. The second kappa shape index (κ2) is 6.73. The van der Waals surface area contributed by atoms with Gasteiger partial charge in [-0.25, -0.2) is 0 Å². The highest BCUT2D eigenvalue weighted by atomic mass is 19.4. The van der Waals surface area contributed by atoms with E-state index in [-0.39, 0.29) is 11.7 Å². The highest BCUT2D eigenvalue weighted by Crippen LogP contribution is 2.43. The number of hydrogen-bond acceptors (Lipinski definition) is 5. The Morgan fingerprint density at radius 2 is 2.00 bits per heavy atom. The minimum absolute atomic E-state index is 0.308. The molecule has 1 amide bonds. The average Bonchev–Trinajstić information content (AvgIpc) is 3.38. The highest BCUT2D eigenvalue weighted by Gasteiger charge is 2.33. The van der Waals surface area contributed by atoms with Gasteiger partial charge in [0.2, 0.25) is 0 Å². The van der Waals surface area contributed by atoms with Gasteiger partial charge in [0.15, 0.2) is 6.10 Å². The Morgan fingerprint density at radius 3 is 2.61 bits per heavy atom. The van der Waals surface area contributed by atoms with E-state index in [9.17, 15) is 23.2 Å². The van der Waals surface area contributed by atoms with E-state index in [1.807, 2.05) is 0 Å². The standard InChI is InChI=1S/C19H13F3N2O4/c20-19(21,22)28-11-3-1-10(2-4-11)13-7-15(24-18(25)16-9-27-16)14(8-23)12-5-6-26-17(12)13/h1-4,7,16H,5-6,9H2,(H,24,25)/t16-/m0/s1. The van der Waals surface area contributed by atoms with Gasteiger partial charge in [-0.1, -0.05) is 12.1 Å². The molecule has 1 N–H and O–H groups in total. The molecular weight excluding hydrogens is 377 g/mol. The van der Waals surface area contributed by atoms with Crippen molar-refractivity contribution >= 4 is 11.6 Å². The zero-order valence-corrected chi connectivity index (χ0v) is 14.3. The van der Waals surface area contributed by atoms with Crippen LogP contribution in [0.4, 0.5) is 18.9 Å². The minimum atomic E-state index is -4.78. The predicted molar refractivity (Wildman–Crippen MR) is 90.8 cm³/mol. The van der Waals surface area contributed by atoms with Crippen molar-refractivity contribution in [3.05, 3.63) is 41.5 Å². The van der Waals surface area contributed by atoms with Crippen LogP contribution >= 0.6 is 0 Å². The van der Waals surface area contributed by atoms with Crippen LogP contribution in [0.1, 0.15) is 11.1 Å². The third-order valence-corrected chi connectivity index (χ3v) is 4.37. The molecule has 0 aromatic heterocycles. The summed E-state index contributed by atoms with van der Waals surface area (Å²) >= 11 is 0. The third-order valence-electron chi connectivity index (χ3n) is 4.37. The minimum Gasteiger partial charge on any atom is -0.492 e. The smallest absolute Gasteiger partial charge is 0.492 e. The molecule has 2 aliphatic heterocycles. The number of carbonyl (C=O) groups is 1. The van der Waals surface area contributed by atoms with Gasteiger partial charge in [-0.3, -0.25) is 4.79 Å². The fourth-order valence-electron chi connectivity index (χ4n) is 3.07. The number of nitrogens with one attached hydrogen (secondary N) is 1. The van der Waals surface area contributed by atoms with Crippen molar-refractivity contribution in [2.75, 3.05) is 18.5 Å². The molecule has 0 unspecified atom stereocenters. The molecule has 9 heteroatoms. The number of ether oxygens (including phenoxy) is 3. The first-order valence-electron chi connectivity index (χ1n) is 8.37. The number of alkyl halides is 3. The van der Waals surface area contributed by atoms with E-state index in [0.29, 0.717) is 53.3 Å². The monoisotopic (exact) mass is 390 g/mol. The van der Waals surface area contributed by atoms with Gasteiger partial charge in [0.1, 0.15) is 17.6 Å². The molecule has 2 aromatic rings. The van der Waals surface area contributed by atoms with Crippen LogP contribution in [0.25, 0.3) is 11.1 Å². The van der Waals surface area contributed by atoms with E-state index in [1.54, 1.807) is 6.07 Å². The lowest BCUT2D eigenvalue weighted by molar-refractivity contribution is -0.274. The number of nitriles is 1. The highest BCUT2D eigenvalue weighted by molar-refractivity contribution is 5.98. The summed E-state index contributed by atoms with van der Waals surface area (Å²) in [4.78, 5) is 12.1. The molecule has 144 valence electrons. The van der Waals surface area contributed by atoms with E-state index in [4.69, 9.17) is 9.47 Å². The lowest BCUT2D eigenvalue weighted by Crippen LogP contribution is -2.19. The van der Waals surface area contributed by atoms with Crippen molar-refractivity contribution in [3.8, 4) is 28.7 Å². The summed E-state index contributed by atoms with van der Waals surface area (Å²) < 4.78 is 51.5. The molecule has 0 bridgehead atoms. The van der Waals surface area contributed by atoms with Gasteiger partial charge in [0.25, 0.3) is 5.91 Å². The van der Waals surface area contributed by atoms with Gasteiger partial charge in [0, 0.05) is 17.5 Å². The number of carbonyl (C=O) groups excluding carboxylic acids is 1. The molecule has 0 spiro atoms. The number of anilines is 1. The molecule has 4 rings (SSSR count). The maximum Gasteiger partial charge on any atom is 0.573 e. The fourth-order valence-corrected chi connectivity index (χ4v) is 3.07. The Kier molecular flexibility index (Phi) is 4.35. The summed E-state index contributed by atoms with van der Waals surface area (Å²) in [5, 5.41) is 12.2. The van der Waals surface area contributed by atoms with Crippen LogP contribution in [0.15, 0.2) is 30.3 Å². The van der Waals surface area contributed by atoms with Crippen LogP contribution in [0.5, 0.6) is 11.5 Å². The van der Waals surface area contributed by atoms with Crippen LogP contribution in [0.2, 0.25) is 0 Å². The van der Waals surface area contributed by atoms with Crippen LogP contribution < -0.4 is 14.8 Å². The second-order valence-electron chi connectivity index (χ2n) is 6.25. The molecular formula is C19H13F3N2O4. The molecule has 1 atom stereocenters. The van der Waals surface area contributed by atoms with Crippen molar-refractivity contribution in [1.82, 2.24) is 0 Å². The number of fused-ring (bicyclic) bond motifs is 1. The molecule has 6 nitrogen and oxygen atoms in total. The molecule has 1 fully saturated rings. The second-order valence-corrected chi connectivity index (χ2v) is 6.25. The molecule has 0 saturated carbocycles. The SMILES string of the molecule is N#Cc1c(NC(=O)[C@@H]2CO2)cc(-c2ccc(OC(F)(F)F)cc2)c2c1CCO2. The summed E-state index contributed by atoms with van der Waals surface area (Å²) in [5.41, 5.74) is 2.41. The normalized spacial score (nSPS) is 17.3. The van der Waals surface area contributed by atoms with Crippen LogP contribution in [-0.4, -0.2) is 31.6 Å². The fraction of sp³-hybridized carbons (Fsp3) is 0.263. The number of epoxide rings is 1. The number of hydrogen-bond donors (Lipinski definition) is 1. The van der Waals surface area contributed by atoms with Gasteiger partial charge >= 0.3 is 6.36 Å². The number of nitrogens with zero attached hydrogens (tertiary/aromatic N) is 1. The number of halogens is 3. The van der Waals surface area contributed by atoms with Crippen LogP contribution in [0, 0.1) is 11.3 Å². The molecule has 2 heterocycles. The lowest BCUT2D eigenvalue weighted by atomic mass is 9.95. The first-order valence-corrected chi connectivity index (χ1v) is 8.37. The lowest BCUT2D eigenvalue weighted by Gasteiger charge is -2.15. The summed E-state index contributed by atoms with van der Waals surface area (Å²) in [6, 6.07) is 8.98. The third kappa shape index (κ3) is 3.59. The first kappa shape index (κ1) is 18.1. The van der Waals surface area contributed by atoms with Crippen molar-refractivity contribution < 1.29 is 32.2 Å². The zero-order chi connectivity index (χ0) is 19.9. The number of rotatable bonds is 4. The topological polar surface area (TPSA) is 83.9 Å². The maximum atomic E-state index is 12.3. The van der Waals surface area contributed by atoms with Crippen molar-refractivity contribution in [2.24, 2.45) is 0 Å². The van der Waals surface area contributed by atoms with Crippen LogP contribution in [0.3, 0.4) is 0 Å². The van der Waals surface area contributed by atoms with Crippen molar-refractivity contribution in [2.45, 2.75) is 18.9 Å². The van der Waals surface area contributed by atoms with Gasteiger partial charge in [-0.15, -0.1) is 13.2 Å². The molecule has 0 radical (unpaired) electrons. The first-order chi connectivity index (χ1) is 13.4. The largest absolute Gasteiger partial charge is 0.573 e. The zero-order valence-electron chi connectivity index (χ0n) is 14.3. The van der Waals surface area contributed by atoms with Crippen molar-refractivity contribution in [1.29, 1.82) is 5.26 Å². The Hall–Kier alpha value is -3.25. The Balaban J connectivity index is 1.73. The Morgan fingerprint density at radius 1 is 1.29 bits per heavy atom. The van der Waals surface area contributed by atoms with E-state index in [1.165, 1.54) is 24.3 Å². The number of benzene rings is 2. The van der Waals surface area contributed by atoms with E-state index in [0.717, 1.165) is 0 Å². The quantitative estimate of drug-likeness (QED) is 0.809. The Bertz CT molecular complexity index is 977. The van der Waals surface area contributed by atoms with Gasteiger partial charge in [-0.05, 0) is 23.8 Å². The van der Waals surface area contributed by atoms with E-state index < -0.39 is 12.5 Å². The maximum absolute atomic E-state index is 12.3. The van der Waals surface area contributed by atoms with Crippen LogP contribution in [-0.2, 0) is 16.0 Å². The van der Waals surface area contributed by atoms with Gasteiger partial charge in [-0.2, -0.15) is 5.26 Å². The molecule has 2 aliphatic rings. The Labute approximate surface area is 157 Å². The van der Waals surface area contributed by atoms with E-state index >= 15 is 0 Å². The van der Waals surface area contributed by atoms with E-state index in [2.05, 4.69) is 16.1 Å².